The van der Waals surface area contributed by atoms with Gasteiger partial charge in [-0.15, -0.1) is 0 Å². The summed E-state index contributed by atoms with van der Waals surface area (Å²) >= 11 is 6.30. The van der Waals surface area contributed by atoms with Gasteiger partial charge in [0.2, 0.25) is 0 Å². The molecule has 15 heteroatoms. The Morgan fingerprint density at radius 2 is 1.65 bits per heavy atom. The van der Waals surface area contributed by atoms with E-state index in [1.54, 1.807) is 20.8 Å². The molecule has 2 aromatic carbocycles. The number of hydrogen-bond donors (Lipinski definition) is 3. The van der Waals surface area contributed by atoms with Crippen LogP contribution in [-0.4, -0.2) is 76.5 Å². The highest BCUT2D eigenvalue weighted by Crippen LogP contribution is 2.54. The maximum Gasteiger partial charge on any atom is 0.410 e. The van der Waals surface area contributed by atoms with Gasteiger partial charge < -0.3 is 20.3 Å². The average molecular weight is 715 g/mol. The zero-order valence-corrected chi connectivity index (χ0v) is 28.2. The second kappa shape index (κ2) is 13.3. The van der Waals surface area contributed by atoms with E-state index >= 15 is 0 Å². The Morgan fingerprint density at radius 3 is 2.23 bits per heavy atom. The minimum absolute atomic E-state index is 0.0465. The number of likely N-dealkylation sites (tertiary alicyclic amines) is 1. The number of ether oxygens (including phenoxy) is 1. The molecule has 0 aromatic heterocycles. The van der Waals surface area contributed by atoms with Gasteiger partial charge in [-0.05, 0) is 82.9 Å². The van der Waals surface area contributed by atoms with E-state index in [1.165, 1.54) is 17.0 Å². The Kier molecular flexibility index (Phi) is 9.97. The van der Waals surface area contributed by atoms with Crippen LogP contribution in [0, 0.1) is 29.3 Å². The number of nitrogens with one attached hydrogen (secondary N) is 1. The molecule has 2 bridgehead atoms. The molecule has 1 heterocycles. The molecule has 3 aliphatic rings. The molecule has 1 saturated heterocycles. The van der Waals surface area contributed by atoms with Crippen molar-refractivity contribution >= 4 is 44.9 Å². The first-order valence-corrected chi connectivity index (χ1v) is 17.6. The van der Waals surface area contributed by atoms with Crippen LogP contribution in [0.1, 0.15) is 76.1 Å². The van der Waals surface area contributed by atoms with Gasteiger partial charge in [0.15, 0.2) is 33.1 Å². The van der Waals surface area contributed by atoms with Crippen LogP contribution in [0.4, 0.5) is 23.7 Å². The van der Waals surface area contributed by atoms with Crippen LogP contribution < -0.4 is 5.32 Å². The zero-order chi connectivity index (χ0) is 35.3. The Labute approximate surface area is 281 Å². The van der Waals surface area contributed by atoms with Gasteiger partial charge in [-0.3, -0.25) is 14.5 Å². The Morgan fingerprint density at radius 1 is 1.04 bits per heavy atom. The number of hydrogen-bond acceptors (Lipinski definition) is 8. The fraction of sp³-hybridized carbons (Fsp3) is 0.545. The first-order chi connectivity index (χ1) is 22.3. The molecule has 1 aliphatic heterocycles. The maximum atomic E-state index is 13.9. The second-order valence-electron chi connectivity index (χ2n) is 14.0. The third-order valence-corrected chi connectivity index (χ3v) is 12.3. The Balaban J connectivity index is 1.27. The Bertz CT molecular complexity index is 1700. The van der Waals surface area contributed by atoms with Crippen molar-refractivity contribution in [2.75, 3.05) is 11.9 Å². The van der Waals surface area contributed by atoms with Crippen LogP contribution in [0.3, 0.4) is 0 Å². The summed E-state index contributed by atoms with van der Waals surface area (Å²) < 4.78 is 73.8. The number of nitrogens with zero attached hydrogens (tertiary/aromatic N) is 1. The van der Waals surface area contributed by atoms with Crippen LogP contribution >= 0.6 is 11.6 Å². The van der Waals surface area contributed by atoms with E-state index < -0.39 is 79.7 Å². The number of carbonyl (C=O) groups excluding carboxylic acids is 3. The number of ketones is 1. The zero-order valence-electron chi connectivity index (χ0n) is 26.6. The van der Waals surface area contributed by atoms with Crippen molar-refractivity contribution in [2.24, 2.45) is 11.8 Å². The summed E-state index contributed by atoms with van der Waals surface area (Å²) in [5.74, 6) is -6.86. The van der Waals surface area contributed by atoms with Crippen LogP contribution in [-0.2, 0) is 19.4 Å². The molecule has 3 fully saturated rings. The smallest absolute Gasteiger partial charge is 0.410 e. The molecule has 2 amide bonds. The molecule has 0 spiro atoms. The number of carbonyl (C=O) groups is 3. The lowest BCUT2D eigenvalue weighted by Crippen LogP contribution is -2.49. The molecular weight excluding hydrogens is 677 g/mol. The minimum Gasteiger partial charge on any atom is -0.444 e. The first kappa shape index (κ1) is 36.1. The van der Waals surface area contributed by atoms with Crippen molar-refractivity contribution in [3.63, 3.8) is 0 Å². The lowest BCUT2D eigenvalue weighted by Gasteiger charge is -2.42. The topological polar surface area (TPSA) is 150 Å². The molecule has 3 unspecified atom stereocenters. The van der Waals surface area contributed by atoms with Gasteiger partial charge >= 0.3 is 6.09 Å². The summed E-state index contributed by atoms with van der Waals surface area (Å²) in [7, 11) is -4.14. The van der Waals surface area contributed by atoms with Gasteiger partial charge in [0, 0.05) is 36.2 Å². The van der Waals surface area contributed by atoms with Crippen LogP contribution in [0.2, 0.25) is 5.02 Å². The molecule has 2 saturated carbocycles. The van der Waals surface area contributed by atoms with Gasteiger partial charge in [0.1, 0.15) is 5.60 Å². The number of halogens is 4. The van der Waals surface area contributed by atoms with Crippen LogP contribution in [0.5, 0.6) is 0 Å². The molecule has 6 atom stereocenters. The summed E-state index contributed by atoms with van der Waals surface area (Å²) in [6.45, 7) is 5.04. The van der Waals surface area contributed by atoms with E-state index in [2.05, 4.69) is 5.32 Å². The molecule has 3 N–H and O–H groups in total. The fourth-order valence-corrected chi connectivity index (χ4v) is 9.68. The number of benzene rings is 2. The molecule has 262 valence electrons. The fourth-order valence-electron chi connectivity index (χ4n) is 7.28. The molecule has 10 nitrogen and oxygen atoms in total. The van der Waals surface area contributed by atoms with E-state index in [0.29, 0.717) is 25.0 Å². The van der Waals surface area contributed by atoms with E-state index in [4.69, 9.17) is 16.3 Å². The lowest BCUT2D eigenvalue weighted by molar-refractivity contribution is -0.126. The highest BCUT2D eigenvalue weighted by molar-refractivity contribution is 7.92. The third-order valence-electron chi connectivity index (χ3n) is 9.60. The van der Waals surface area contributed by atoms with E-state index in [-0.39, 0.29) is 65.6 Å². The largest absolute Gasteiger partial charge is 0.444 e. The summed E-state index contributed by atoms with van der Waals surface area (Å²) in [5, 5.41) is 23.1. The predicted octanol–water partition coefficient (Wildman–Crippen LogP) is 5.42. The number of aliphatic hydroxyl groups is 2. The van der Waals surface area contributed by atoms with Gasteiger partial charge in [0.05, 0.1) is 39.5 Å². The first-order valence-electron chi connectivity index (χ1n) is 15.7. The van der Waals surface area contributed by atoms with Crippen LogP contribution in [0.25, 0.3) is 0 Å². The standard InChI is InChI=1S/C33H38ClF3N2O8S/c1-32(2,3)47-31(43)39-16-21(40)15-26(39)27(41)8-9-33(44)18-5-6-19(33)12-22(11-18)48(45,46)28-10-17(4-7-23(28)34)30(42)38-20-13-24(35)29(37)25(36)14-20/h4,7,10,13-14,18-19,21-22,26,40,44H,5-6,8-9,11-12,15-16H2,1-3H3,(H,38,42)/t18-,19?,21-,22?,26-,33?/m0/s1. The van der Waals surface area contributed by atoms with Crippen molar-refractivity contribution < 1.29 is 50.9 Å². The molecule has 5 rings (SSSR count). The third kappa shape index (κ3) is 7.22. The number of anilines is 1. The number of rotatable bonds is 8. The summed E-state index contributed by atoms with van der Waals surface area (Å²) in [6.07, 6.45) is -0.335. The second-order valence-corrected chi connectivity index (χ2v) is 16.6. The highest BCUT2D eigenvalue weighted by atomic mass is 35.5. The van der Waals surface area contributed by atoms with Gasteiger partial charge in [-0.1, -0.05) is 11.6 Å². The van der Waals surface area contributed by atoms with E-state index in [0.717, 1.165) is 6.07 Å². The monoisotopic (exact) mass is 714 g/mol. The number of amides is 2. The molecular formula is C33H38ClF3N2O8S. The van der Waals surface area contributed by atoms with Gasteiger partial charge in [0.25, 0.3) is 5.91 Å². The number of sulfone groups is 1. The SMILES string of the molecule is CC(C)(C)OC(=O)N1C[C@@H](O)C[C@H]1C(=O)CCC1(O)C2CC[C@H]1CC(S(=O)(=O)c1cc(C(=O)Nc3cc(F)c(F)c(F)c3)ccc1Cl)C2. The summed E-state index contributed by atoms with van der Waals surface area (Å²) in [4.78, 5) is 39.8. The molecule has 2 aromatic rings. The summed E-state index contributed by atoms with van der Waals surface area (Å²) in [6, 6.07) is 3.79. The number of fused-ring (bicyclic) bond motifs is 2. The predicted molar refractivity (Wildman–Crippen MR) is 169 cm³/mol. The minimum atomic E-state index is -4.14. The molecule has 48 heavy (non-hydrogen) atoms. The highest BCUT2D eigenvalue weighted by Gasteiger charge is 2.56. The van der Waals surface area contributed by atoms with Crippen molar-refractivity contribution in [1.29, 1.82) is 0 Å². The quantitative estimate of drug-likeness (QED) is 0.307. The summed E-state index contributed by atoms with van der Waals surface area (Å²) in [5.41, 5.74) is -2.66. The molecule has 2 aliphatic carbocycles. The lowest BCUT2D eigenvalue weighted by atomic mass is 9.71. The van der Waals surface area contributed by atoms with Crippen molar-refractivity contribution in [3.05, 3.63) is 58.4 Å². The molecule has 0 radical (unpaired) electrons. The maximum absolute atomic E-state index is 13.9. The number of β-amino-alcohol motifs (C(OH)–C–C–N with tert-alkyl or cyclic N) is 1. The van der Waals surface area contributed by atoms with E-state index in [1.807, 2.05) is 0 Å². The number of aliphatic hydroxyl groups excluding tert-OH is 1. The van der Waals surface area contributed by atoms with Crippen molar-refractivity contribution in [3.8, 4) is 0 Å². The van der Waals surface area contributed by atoms with E-state index in [9.17, 15) is 46.2 Å². The number of Topliss-reactive ketones (excluding diaryl/α,β-unsaturated/α-hetero) is 1. The average Bonchev–Trinajstić information content (AvgIpc) is 3.42. The van der Waals surface area contributed by atoms with Crippen LogP contribution in [0.15, 0.2) is 35.2 Å². The Hall–Kier alpha value is -3.20. The van der Waals surface area contributed by atoms with Crippen molar-refractivity contribution in [2.45, 2.75) is 99.2 Å². The van der Waals surface area contributed by atoms with Gasteiger partial charge in [-0.25, -0.2) is 26.4 Å². The normalized spacial score (nSPS) is 27.2. The van der Waals surface area contributed by atoms with Crippen molar-refractivity contribution in [1.82, 2.24) is 4.90 Å². The van der Waals surface area contributed by atoms with Gasteiger partial charge in [-0.2, -0.15) is 0 Å².